The molecule has 1 aliphatic carbocycles. The van der Waals surface area contributed by atoms with Gasteiger partial charge in [0.1, 0.15) is 0 Å². The van der Waals surface area contributed by atoms with E-state index in [2.05, 4.69) is 21.1 Å². The molecule has 0 aromatic heterocycles. The van der Waals surface area contributed by atoms with Crippen LogP contribution in [0.4, 0.5) is 0 Å². The molecule has 0 bridgehead atoms. The first-order valence-corrected chi connectivity index (χ1v) is 8.30. The Bertz CT molecular complexity index is 423. The summed E-state index contributed by atoms with van der Waals surface area (Å²) in [5, 5.41) is -0.0143. The van der Waals surface area contributed by atoms with Gasteiger partial charge >= 0.3 is 0 Å². The summed E-state index contributed by atoms with van der Waals surface area (Å²) < 4.78 is 14.7. The highest BCUT2D eigenvalue weighted by molar-refractivity contribution is 7.90. The summed E-state index contributed by atoms with van der Waals surface area (Å²) >= 11 is -0.984. The van der Waals surface area contributed by atoms with Crippen LogP contribution in [0, 0.1) is 0 Å². The Morgan fingerprint density at radius 3 is 2.80 bits per heavy atom. The number of piperazine rings is 1. The fourth-order valence-electron chi connectivity index (χ4n) is 2.19. The van der Waals surface area contributed by atoms with Crippen molar-refractivity contribution in [2.24, 2.45) is 4.99 Å². The Balaban J connectivity index is 1.87. The smallest absolute Gasteiger partial charge is 0.172 e. The van der Waals surface area contributed by atoms with E-state index in [0.29, 0.717) is 0 Å². The van der Waals surface area contributed by atoms with Crippen molar-refractivity contribution >= 4 is 17.7 Å². The highest BCUT2D eigenvalue weighted by Crippen LogP contribution is 2.17. The van der Waals surface area contributed by atoms with Crippen LogP contribution in [0.25, 0.3) is 0 Å². The summed E-state index contributed by atoms with van der Waals surface area (Å²) in [6.07, 6.45) is 12.1. The van der Waals surface area contributed by atoms with Gasteiger partial charge in [0.25, 0.3) is 0 Å². The highest BCUT2D eigenvalue weighted by atomic mass is 32.2. The van der Waals surface area contributed by atoms with Crippen LogP contribution in [0.1, 0.15) is 13.8 Å². The van der Waals surface area contributed by atoms with E-state index in [4.69, 9.17) is 0 Å². The lowest BCUT2D eigenvalue weighted by Gasteiger charge is -2.34. The molecule has 1 fully saturated rings. The third-order valence-electron chi connectivity index (χ3n) is 3.40. The van der Waals surface area contributed by atoms with E-state index < -0.39 is 11.4 Å². The molecule has 1 heterocycles. The molecule has 2 atom stereocenters. The van der Waals surface area contributed by atoms with Crippen LogP contribution in [0.2, 0.25) is 0 Å². The lowest BCUT2D eigenvalue weighted by molar-refractivity contribution is 0.270. The molecule has 0 spiro atoms. The third kappa shape index (κ3) is 4.23. The van der Waals surface area contributed by atoms with Gasteiger partial charge in [-0.2, -0.15) is 0 Å². The number of rotatable bonds is 4. The van der Waals surface area contributed by atoms with Crippen LogP contribution >= 0.6 is 0 Å². The molecule has 0 N–H and O–H groups in total. The van der Waals surface area contributed by atoms with E-state index in [1.54, 1.807) is 0 Å². The summed E-state index contributed by atoms with van der Waals surface area (Å²) in [6, 6.07) is 0. The van der Waals surface area contributed by atoms with Crippen LogP contribution in [-0.4, -0.2) is 58.1 Å². The van der Waals surface area contributed by atoms with Crippen molar-refractivity contribution in [3.05, 3.63) is 36.0 Å². The third-order valence-corrected chi connectivity index (χ3v) is 5.05. The number of hydrogen-bond acceptors (Lipinski definition) is 3. The van der Waals surface area contributed by atoms with E-state index in [-0.39, 0.29) is 5.25 Å². The van der Waals surface area contributed by atoms with Crippen LogP contribution in [0.5, 0.6) is 0 Å². The molecule has 2 unspecified atom stereocenters. The van der Waals surface area contributed by atoms with E-state index in [1.807, 2.05) is 43.6 Å². The van der Waals surface area contributed by atoms with Crippen molar-refractivity contribution in [3.63, 3.8) is 0 Å². The first kappa shape index (κ1) is 15.4. The fraction of sp³-hybridized carbons (Fsp3) is 0.533. The molecule has 0 saturated carbocycles. The van der Waals surface area contributed by atoms with Gasteiger partial charge < -0.3 is 9.45 Å². The standard InChI is InChI=1S/C15H23N3OS/c1-3-16-13-17-9-11-18(12-10-17)20(19)15-6-4-5-14(2)7-8-15/h4-8,13,15H,3,9-12H2,1-2H3/b16-13+. The molecule has 1 aliphatic heterocycles. The molecule has 0 aromatic carbocycles. The number of allylic oxidation sites excluding steroid dienone is 4. The van der Waals surface area contributed by atoms with E-state index in [0.717, 1.165) is 32.7 Å². The largest absolute Gasteiger partial charge is 0.597 e. The number of nitrogens with zero attached hydrogens (tertiary/aromatic N) is 3. The summed E-state index contributed by atoms with van der Waals surface area (Å²) in [6.45, 7) is 8.34. The van der Waals surface area contributed by atoms with Gasteiger partial charge in [0, 0.05) is 19.6 Å². The van der Waals surface area contributed by atoms with Gasteiger partial charge in [-0.1, -0.05) is 23.8 Å². The zero-order valence-corrected chi connectivity index (χ0v) is 13.1. The minimum absolute atomic E-state index is 0.0143. The molecule has 0 radical (unpaired) electrons. The lowest BCUT2D eigenvalue weighted by atomic mass is 10.3. The highest BCUT2D eigenvalue weighted by Gasteiger charge is 2.29. The predicted octanol–water partition coefficient (Wildman–Crippen LogP) is 1.76. The van der Waals surface area contributed by atoms with Gasteiger partial charge in [-0.25, -0.2) is 0 Å². The molecule has 0 aromatic rings. The monoisotopic (exact) mass is 293 g/mol. The van der Waals surface area contributed by atoms with Gasteiger partial charge in [0.2, 0.25) is 0 Å². The van der Waals surface area contributed by atoms with E-state index in [1.165, 1.54) is 5.57 Å². The average molecular weight is 293 g/mol. The second-order valence-electron chi connectivity index (χ2n) is 4.97. The van der Waals surface area contributed by atoms with Crippen molar-refractivity contribution in [1.82, 2.24) is 9.21 Å². The molecule has 20 heavy (non-hydrogen) atoms. The number of aliphatic imine (C=N–C) groups is 1. The summed E-state index contributed by atoms with van der Waals surface area (Å²) in [7, 11) is 0. The quantitative estimate of drug-likeness (QED) is 0.450. The van der Waals surface area contributed by atoms with Crippen molar-refractivity contribution in [1.29, 1.82) is 0 Å². The maximum atomic E-state index is 12.6. The second-order valence-corrected chi connectivity index (χ2v) is 6.59. The minimum atomic E-state index is -0.984. The Hall–Kier alpha value is -1.04. The predicted molar refractivity (Wildman–Crippen MR) is 86.1 cm³/mol. The fourth-order valence-corrected chi connectivity index (χ4v) is 3.49. The van der Waals surface area contributed by atoms with Gasteiger partial charge in [-0.3, -0.25) is 4.99 Å². The summed E-state index contributed by atoms with van der Waals surface area (Å²) in [4.78, 5) is 6.45. The molecule has 5 heteroatoms. The maximum absolute atomic E-state index is 12.6. The maximum Gasteiger partial charge on any atom is 0.172 e. The Morgan fingerprint density at radius 1 is 1.35 bits per heavy atom. The molecule has 2 rings (SSSR count). The topological polar surface area (TPSA) is 41.9 Å². The average Bonchev–Trinajstić information content (AvgIpc) is 2.70. The molecule has 110 valence electrons. The second kappa shape index (κ2) is 7.67. The molecule has 0 amide bonds. The van der Waals surface area contributed by atoms with Crippen LogP contribution in [-0.2, 0) is 11.4 Å². The zero-order valence-electron chi connectivity index (χ0n) is 12.2. The van der Waals surface area contributed by atoms with E-state index >= 15 is 0 Å². The first-order chi connectivity index (χ1) is 9.70. The molecule has 2 aliphatic rings. The van der Waals surface area contributed by atoms with Gasteiger partial charge in [0.05, 0.1) is 30.8 Å². The first-order valence-electron chi connectivity index (χ1n) is 7.13. The van der Waals surface area contributed by atoms with Crippen LogP contribution < -0.4 is 0 Å². The molecule has 4 nitrogen and oxygen atoms in total. The lowest BCUT2D eigenvalue weighted by Crippen LogP contribution is -2.50. The van der Waals surface area contributed by atoms with Gasteiger partial charge in [0.15, 0.2) is 5.25 Å². The Kier molecular flexibility index (Phi) is 5.88. The Labute approximate surface area is 124 Å². The minimum Gasteiger partial charge on any atom is -0.597 e. The van der Waals surface area contributed by atoms with Crippen LogP contribution in [0.15, 0.2) is 40.9 Å². The molecular formula is C15H23N3OS. The summed E-state index contributed by atoms with van der Waals surface area (Å²) in [5.41, 5.74) is 1.20. The molecular weight excluding hydrogens is 270 g/mol. The van der Waals surface area contributed by atoms with Crippen LogP contribution in [0.3, 0.4) is 0 Å². The Morgan fingerprint density at radius 2 is 2.10 bits per heavy atom. The summed E-state index contributed by atoms with van der Waals surface area (Å²) in [5.74, 6) is 0. The van der Waals surface area contributed by atoms with Gasteiger partial charge in [-0.15, -0.1) is 4.31 Å². The van der Waals surface area contributed by atoms with Gasteiger partial charge in [-0.05, 0) is 26.0 Å². The van der Waals surface area contributed by atoms with Crippen molar-refractivity contribution in [3.8, 4) is 0 Å². The molecule has 1 saturated heterocycles. The van der Waals surface area contributed by atoms with Crippen molar-refractivity contribution in [2.75, 3.05) is 32.7 Å². The van der Waals surface area contributed by atoms with E-state index in [9.17, 15) is 4.55 Å². The normalized spacial score (nSPS) is 25.9. The zero-order chi connectivity index (χ0) is 14.4. The SMILES string of the molecule is CC/N=C/N1CCN([S+]([O-])C2C=CC=C(C)C=C2)CC1. The van der Waals surface area contributed by atoms with Crippen molar-refractivity contribution < 1.29 is 4.55 Å². The van der Waals surface area contributed by atoms with Crippen molar-refractivity contribution in [2.45, 2.75) is 19.1 Å². The number of hydrogen-bond donors (Lipinski definition) is 0.